The minimum Gasteiger partial charge on any atom is -0.444 e. The van der Waals surface area contributed by atoms with Crippen molar-refractivity contribution in [2.45, 2.75) is 115 Å². The van der Waals surface area contributed by atoms with Crippen LogP contribution in [0.25, 0.3) is 0 Å². The maximum Gasteiger partial charge on any atom is 0.423 e. The molecular formula is C21H35F6NO4. The molecule has 0 aromatic heterocycles. The highest BCUT2D eigenvalue weighted by Gasteiger charge is 2.57. The molecule has 1 aliphatic rings. The number of ether oxygens (including phenoxy) is 3. The van der Waals surface area contributed by atoms with E-state index in [0.29, 0.717) is 12.8 Å². The van der Waals surface area contributed by atoms with Crippen molar-refractivity contribution in [3.63, 3.8) is 0 Å². The molecule has 0 aliphatic carbocycles. The normalized spacial score (nSPS) is 20.0. The van der Waals surface area contributed by atoms with E-state index in [1.54, 1.807) is 25.7 Å². The highest BCUT2D eigenvalue weighted by atomic mass is 19.4. The van der Waals surface area contributed by atoms with E-state index in [0.717, 1.165) is 0 Å². The number of amides is 1. The van der Waals surface area contributed by atoms with Gasteiger partial charge >= 0.3 is 18.4 Å². The number of alkyl halides is 6. The molecule has 1 rings (SSSR count). The lowest BCUT2D eigenvalue weighted by Crippen LogP contribution is -2.64. The Morgan fingerprint density at radius 3 is 1.75 bits per heavy atom. The van der Waals surface area contributed by atoms with Gasteiger partial charge < -0.3 is 14.2 Å². The van der Waals surface area contributed by atoms with Gasteiger partial charge in [-0.2, -0.15) is 26.3 Å². The number of rotatable bonds is 7. The number of hydrogen-bond donors (Lipinski definition) is 0. The average Bonchev–Trinajstić information content (AvgIpc) is 2.46. The zero-order valence-electron chi connectivity index (χ0n) is 19.7. The van der Waals surface area contributed by atoms with Crippen LogP contribution in [0.3, 0.4) is 0 Å². The Labute approximate surface area is 185 Å². The first-order chi connectivity index (χ1) is 14.2. The summed E-state index contributed by atoms with van der Waals surface area (Å²) in [5.74, 6) is 0. The fraction of sp³-hybridized carbons (Fsp3) is 0.952. The van der Waals surface area contributed by atoms with E-state index in [1.165, 1.54) is 0 Å². The standard InChI is InChI=1S/C21H35F6NO4/c1-17(2,3)32-16(29)28-18(4,5)12-14(13-19(28,6)7)30-10-8-9-11-31-15(20(22,23)24)21(25,26)27/h14-15H,8-13H2,1-7H3. The van der Waals surface area contributed by atoms with Gasteiger partial charge in [-0.3, -0.25) is 4.90 Å². The molecule has 0 aromatic carbocycles. The van der Waals surface area contributed by atoms with Crippen LogP contribution >= 0.6 is 0 Å². The molecule has 5 nitrogen and oxygen atoms in total. The molecule has 1 aliphatic heterocycles. The van der Waals surface area contributed by atoms with E-state index < -0.39 is 47.8 Å². The molecule has 0 N–H and O–H groups in total. The predicted molar refractivity (Wildman–Crippen MR) is 106 cm³/mol. The Bertz CT molecular complexity index is 593. The van der Waals surface area contributed by atoms with Gasteiger partial charge in [-0.25, -0.2) is 4.79 Å². The van der Waals surface area contributed by atoms with Gasteiger partial charge in [0, 0.05) is 24.3 Å². The number of halogens is 6. The van der Waals surface area contributed by atoms with Crippen molar-refractivity contribution in [3.8, 4) is 0 Å². The van der Waals surface area contributed by atoms with Crippen LogP contribution in [0.4, 0.5) is 31.1 Å². The summed E-state index contributed by atoms with van der Waals surface area (Å²) in [5, 5.41) is 0. The van der Waals surface area contributed by atoms with Crippen LogP contribution < -0.4 is 0 Å². The SMILES string of the molecule is CC(C)(C)OC(=O)N1C(C)(C)CC(OCCCCOC(C(F)(F)F)C(F)(F)F)CC1(C)C. The monoisotopic (exact) mass is 479 g/mol. The first-order valence-electron chi connectivity index (χ1n) is 10.6. The molecule has 1 saturated heterocycles. The van der Waals surface area contributed by atoms with Crippen molar-refractivity contribution in [2.24, 2.45) is 0 Å². The van der Waals surface area contributed by atoms with Gasteiger partial charge in [0.05, 0.1) is 6.10 Å². The Kier molecular flexibility index (Phi) is 8.95. The first kappa shape index (κ1) is 28.8. The van der Waals surface area contributed by atoms with Crippen LogP contribution in [0, 0.1) is 0 Å². The third-order valence-corrected chi connectivity index (χ3v) is 5.01. The van der Waals surface area contributed by atoms with Crippen molar-refractivity contribution >= 4 is 6.09 Å². The molecule has 11 heteroatoms. The van der Waals surface area contributed by atoms with Gasteiger partial charge in [0.15, 0.2) is 0 Å². The predicted octanol–water partition coefficient (Wildman–Crippen LogP) is 6.25. The molecule has 0 atom stereocenters. The third kappa shape index (κ3) is 8.61. The number of piperidine rings is 1. The summed E-state index contributed by atoms with van der Waals surface area (Å²) in [6.07, 6.45) is -14.2. The fourth-order valence-corrected chi connectivity index (χ4v) is 4.14. The van der Waals surface area contributed by atoms with Gasteiger partial charge in [-0.15, -0.1) is 0 Å². The van der Waals surface area contributed by atoms with Crippen molar-refractivity contribution in [1.82, 2.24) is 4.90 Å². The summed E-state index contributed by atoms with van der Waals surface area (Å²) in [4.78, 5) is 14.5. The second-order valence-corrected chi connectivity index (χ2v) is 10.4. The van der Waals surface area contributed by atoms with Gasteiger partial charge in [-0.05, 0) is 74.1 Å². The van der Waals surface area contributed by atoms with E-state index in [-0.39, 0.29) is 25.6 Å². The van der Waals surface area contributed by atoms with Gasteiger partial charge in [0.25, 0.3) is 0 Å². The summed E-state index contributed by atoms with van der Waals surface area (Å²) in [7, 11) is 0. The van der Waals surface area contributed by atoms with E-state index in [9.17, 15) is 31.1 Å². The van der Waals surface area contributed by atoms with Crippen LogP contribution in [0.1, 0.15) is 74.1 Å². The second kappa shape index (κ2) is 9.95. The highest BCUT2D eigenvalue weighted by molar-refractivity contribution is 5.70. The van der Waals surface area contributed by atoms with Crippen molar-refractivity contribution in [1.29, 1.82) is 0 Å². The molecule has 190 valence electrons. The second-order valence-electron chi connectivity index (χ2n) is 10.4. The van der Waals surface area contributed by atoms with Crippen molar-refractivity contribution in [2.75, 3.05) is 13.2 Å². The van der Waals surface area contributed by atoms with E-state index in [1.807, 2.05) is 27.7 Å². The lowest BCUT2D eigenvalue weighted by atomic mass is 9.78. The van der Waals surface area contributed by atoms with Crippen LogP contribution in [0.5, 0.6) is 0 Å². The zero-order chi connectivity index (χ0) is 25.2. The first-order valence-corrected chi connectivity index (χ1v) is 10.6. The highest BCUT2D eigenvalue weighted by Crippen LogP contribution is 2.41. The van der Waals surface area contributed by atoms with Gasteiger partial charge in [0.2, 0.25) is 6.10 Å². The zero-order valence-corrected chi connectivity index (χ0v) is 19.7. The summed E-state index contributed by atoms with van der Waals surface area (Å²) in [5.41, 5.74) is -1.80. The number of nitrogens with zero attached hydrogens (tertiary/aromatic N) is 1. The lowest BCUT2D eigenvalue weighted by molar-refractivity contribution is -0.321. The molecule has 1 fully saturated rings. The minimum absolute atomic E-state index is 0.00774. The summed E-state index contributed by atoms with van der Waals surface area (Å²) in [6.45, 7) is 12.4. The molecule has 0 spiro atoms. The molecule has 32 heavy (non-hydrogen) atoms. The van der Waals surface area contributed by atoms with Crippen LogP contribution in [0.15, 0.2) is 0 Å². The fourth-order valence-electron chi connectivity index (χ4n) is 4.14. The number of hydrogen-bond acceptors (Lipinski definition) is 4. The summed E-state index contributed by atoms with van der Waals surface area (Å²) >= 11 is 0. The minimum atomic E-state index is -5.51. The lowest BCUT2D eigenvalue weighted by Gasteiger charge is -2.54. The van der Waals surface area contributed by atoms with E-state index in [4.69, 9.17) is 9.47 Å². The van der Waals surface area contributed by atoms with Gasteiger partial charge in [0.1, 0.15) is 5.60 Å². The summed E-state index contributed by atoms with van der Waals surface area (Å²) in [6, 6.07) is 0. The Balaban J connectivity index is 2.55. The van der Waals surface area contributed by atoms with Crippen LogP contribution in [0.2, 0.25) is 0 Å². The van der Waals surface area contributed by atoms with E-state index in [2.05, 4.69) is 4.74 Å². The molecule has 0 radical (unpaired) electrons. The van der Waals surface area contributed by atoms with Crippen molar-refractivity contribution in [3.05, 3.63) is 0 Å². The average molecular weight is 480 g/mol. The number of likely N-dealkylation sites (tertiary alicyclic amines) is 1. The molecule has 0 unspecified atom stereocenters. The molecule has 1 amide bonds. The molecule has 0 bridgehead atoms. The Morgan fingerprint density at radius 2 is 1.34 bits per heavy atom. The smallest absolute Gasteiger partial charge is 0.423 e. The van der Waals surface area contributed by atoms with Crippen molar-refractivity contribution < 1.29 is 45.3 Å². The number of unbranched alkanes of at least 4 members (excludes halogenated alkanes) is 1. The number of carbonyl (C=O) groups is 1. The van der Waals surface area contributed by atoms with E-state index >= 15 is 0 Å². The Hall–Kier alpha value is -1.23. The topological polar surface area (TPSA) is 48.0 Å². The number of carbonyl (C=O) groups excluding carboxylic acids is 1. The molecular weight excluding hydrogens is 444 g/mol. The van der Waals surface area contributed by atoms with Crippen LogP contribution in [-0.4, -0.2) is 65.4 Å². The third-order valence-electron chi connectivity index (χ3n) is 5.01. The molecule has 0 aromatic rings. The quantitative estimate of drug-likeness (QED) is 0.320. The Morgan fingerprint density at radius 1 is 0.906 bits per heavy atom. The maximum absolute atomic E-state index is 12.8. The van der Waals surface area contributed by atoms with Crippen LogP contribution in [-0.2, 0) is 14.2 Å². The maximum atomic E-state index is 12.8. The molecule has 0 saturated carbocycles. The molecule has 1 heterocycles. The largest absolute Gasteiger partial charge is 0.444 e. The summed E-state index contributed by atoms with van der Waals surface area (Å²) < 4.78 is 90.2. The van der Waals surface area contributed by atoms with Gasteiger partial charge in [-0.1, -0.05) is 0 Å².